The monoisotopic (exact) mass is 325 g/mol. The number of halogens is 2. The Kier molecular flexibility index (Phi) is 3.04. The zero-order chi connectivity index (χ0) is 12.8. The smallest absolute Gasteiger partial charge is 0.123 e. The zero-order valence-corrected chi connectivity index (χ0v) is 12.2. The zero-order valence-electron chi connectivity index (χ0n) is 9.75. The molecule has 0 saturated carbocycles. The van der Waals surface area contributed by atoms with Crippen LogP contribution in [-0.2, 0) is 18.4 Å². The number of hydrogen-bond acceptors (Lipinski definition) is 2. The van der Waals surface area contributed by atoms with Crippen molar-refractivity contribution in [3.05, 3.63) is 55.9 Å². The number of nitrogens with two attached hydrogens (primary N) is 1. The van der Waals surface area contributed by atoms with Crippen LogP contribution in [0.1, 0.15) is 22.4 Å². The minimum Gasteiger partial charge on any atom is -0.321 e. The molecule has 0 amide bonds. The second-order valence-electron chi connectivity index (χ2n) is 4.87. The fourth-order valence-corrected chi connectivity index (χ4v) is 4.26. The average molecular weight is 326 g/mol. The third-order valence-electron chi connectivity index (χ3n) is 3.56. The second kappa shape index (κ2) is 4.44. The topological polar surface area (TPSA) is 26.0 Å². The number of benzene rings is 1. The van der Waals surface area contributed by atoms with Gasteiger partial charge in [-0.05, 0) is 58.1 Å². The summed E-state index contributed by atoms with van der Waals surface area (Å²) in [4.78, 5) is 1.27. The predicted molar refractivity (Wildman–Crippen MR) is 76.3 cm³/mol. The third-order valence-corrected chi connectivity index (χ3v) is 5.25. The average Bonchev–Trinajstić information content (AvgIpc) is 2.84. The highest BCUT2D eigenvalue weighted by Gasteiger charge is 2.35. The number of thiophene rings is 1. The Morgan fingerprint density at radius 2 is 2.22 bits per heavy atom. The van der Waals surface area contributed by atoms with Crippen molar-refractivity contribution in [1.29, 1.82) is 0 Å². The van der Waals surface area contributed by atoms with Crippen molar-refractivity contribution < 1.29 is 4.39 Å². The number of rotatable bonds is 2. The summed E-state index contributed by atoms with van der Waals surface area (Å²) in [5, 5.41) is 2.07. The van der Waals surface area contributed by atoms with Gasteiger partial charge < -0.3 is 5.73 Å². The first-order chi connectivity index (χ1) is 8.57. The summed E-state index contributed by atoms with van der Waals surface area (Å²) >= 11 is 5.17. The van der Waals surface area contributed by atoms with E-state index in [1.165, 1.54) is 10.9 Å². The van der Waals surface area contributed by atoms with Gasteiger partial charge in [0, 0.05) is 26.7 Å². The van der Waals surface area contributed by atoms with E-state index < -0.39 is 0 Å². The highest BCUT2D eigenvalue weighted by atomic mass is 79.9. The normalized spacial score (nSPS) is 22.2. The number of hydrogen-bond donors (Lipinski definition) is 1. The van der Waals surface area contributed by atoms with Crippen LogP contribution in [0.15, 0.2) is 34.1 Å². The summed E-state index contributed by atoms with van der Waals surface area (Å²) in [7, 11) is 0. The van der Waals surface area contributed by atoms with E-state index in [2.05, 4.69) is 27.4 Å². The molecule has 0 radical (unpaired) electrons. The molecule has 0 aliphatic heterocycles. The van der Waals surface area contributed by atoms with E-state index in [4.69, 9.17) is 5.73 Å². The summed E-state index contributed by atoms with van der Waals surface area (Å²) in [6.07, 6.45) is 2.58. The van der Waals surface area contributed by atoms with Crippen LogP contribution >= 0.6 is 27.3 Å². The Bertz CT molecular complexity index is 595. The fourth-order valence-electron chi connectivity index (χ4n) is 2.69. The van der Waals surface area contributed by atoms with E-state index in [-0.39, 0.29) is 11.4 Å². The molecule has 3 rings (SSSR count). The molecule has 0 fully saturated rings. The molecule has 4 heteroatoms. The van der Waals surface area contributed by atoms with E-state index in [9.17, 15) is 4.39 Å². The minimum absolute atomic E-state index is 0.170. The van der Waals surface area contributed by atoms with Gasteiger partial charge in [0.15, 0.2) is 0 Å². The van der Waals surface area contributed by atoms with E-state index in [1.807, 2.05) is 6.07 Å². The summed E-state index contributed by atoms with van der Waals surface area (Å²) in [5.74, 6) is -0.170. The molecule has 1 aromatic carbocycles. The van der Waals surface area contributed by atoms with Gasteiger partial charge in [0.2, 0.25) is 0 Å². The van der Waals surface area contributed by atoms with Crippen LogP contribution in [0.2, 0.25) is 0 Å². The van der Waals surface area contributed by atoms with Crippen LogP contribution in [0.4, 0.5) is 4.39 Å². The van der Waals surface area contributed by atoms with Crippen LogP contribution in [0, 0.1) is 5.82 Å². The first kappa shape index (κ1) is 12.3. The quantitative estimate of drug-likeness (QED) is 0.887. The maximum absolute atomic E-state index is 13.2. The van der Waals surface area contributed by atoms with Crippen LogP contribution in [0.25, 0.3) is 0 Å². The molecule has 1 atom stereocenters. The molecule has 0 bridgehead atoms. The maximum atomic E-state index is 13.2. The summed E-state index contributed by atoms with van der Waals surface area (Å²) < 4.78 is 14.3. The Balaban J connectivity index is 1.94. The fraction of sp³-hybridized carbons (Fsp3) is 0.286. The number of aryl methyl sites for hydroxylation is 1. The Morgan fingerprint density at radius 1 is 1.39 bits per heavy atom. The standard InChI is InChI=1S/C14H13BrFNS/c15-10-6-12(18-8-10)7-14(17)4-3-9-5-11(16)1-2-13(9)14/h1-2,5-6,8H,3-4,7,17H2. The summed E-state index contributed by atoms with van der Waals surface area (Å²) in [6, 6.07) is 7.09. The van der Waals surface area contributed by atoms with Gasteiger partial charge in [-0.15, -0.1) is 11.3 Å². The molecule has 1 aromatic heterocycles. The van der Waals surface area contributed by atoms with Gasteiger partial charge in [-0.25, -0.2) is 4.39 Å². The lowest BCUT2D eigenvalue weighted by atomic mass is 9.89. The first-order valence-corrected chi connectivity index (χ1v) is 7.55. The van der Waals surface area contributed by atoms with Crippen LogP contribution < -0.4 is 5.73 Å². The van der Waals surface area contributed by atoms with Gasteiger partial charge in [-0.2, -0.15) is 0 Å². The molecule has 1 heterocycles. The predicted octanol–water partition coefficient (Wildman–Crippen LogP) is 3.99. The third kappa shape index (κ3) is 2.13. The van der Waals surface area contributed by atoms with Gasteiger partial charge in [-0.1, -0.05) is 6.07 Å². The summed E-state index contributed by atoms with van der Waals surface area (Å²) in [5.41, 5.74) is 8.36. The Labute approximate surface area is 118 Å². The van der Waals surface area contributed by atoms with E-state index >= 15 is 0 Å². The van der Waals surface area contributed by atoms with Crippen molar-refractivity contribution in [1.82, 2.24) is 0 Å². The lowest BCUT2D eigenvalue weighted by molar-refractivity contribution is 0.442. The Morgan fingerprint density at radius 3 is 2.94 bits per heavy atom. The van der Waals surface area contributed by atoms with Gasteiger partial charge >= 0.3 is 0 Å². The highest BCUT2D eigenvalue weighted by molar-refractivity contribution is 9.10. The molecular weight excluding hydrogens is 313 g/mol. The molecule has 18 heavy (non-hydrogen) atoms. The second-order valence-corrected chi connectivity index (χ2v) is 6.78. The van der Waals surface area contributed by atoms with Crippen LogP contribution in [-0.4, -0.2) is 0 Å². The van der Waals surface area contributed by atoms with Crippen molar-refractivity contribution in [3.8, 4) is 0 Å². The molecule has 1 aliphatic rings. The van der Waals surface area contributed by atoms with Crippen molar-refractivity contribution in [2.24, 2.45) is 5.73 Å². The maximum Gasteiger partial charge on any atom is 0.123 e. The first-order valence-electron chi connectivity index (χ1n) is 5.87. The van der Waals surface area contributed by atoms with Crippen molar-refractivity contribution in [2.45, 2.75) is 24.8 Å². The largest absolute Gasteiger partial charge is 0.321 e. The van der Waals surface area contributed by atoms with Crippen LogP contribution in [0.3, 0.4) is 0 Å². The lowest BCUT2D eigenvalue weighted by Gasteiger charge is -2.24. The Hall–Kier alpha value is -0.710. The lowest BCUT2D eigenvalue weighted by Crippen LogP contribution is -2.36. The molecule has 2 N–H and O–H groups in total. The highest BCUT2D eigenvalue weighted by Crippen LogP contribution is 2.39. The minimum atomic E-state index is -0.340. The SMILES string of the molecule is NC1(Cc2cc(Br)cs2)CCc2cc(F)ccc21. The van der Waals surface area contributed by atoms with Gasteiger partial charge in [0.05, 0.1) is 0 Å². The van der Waals surface area contributed by atoms with Gasteiger partial charge in [0.1, 0.15) is 5.82 Å². The summed E-state index contributed by atoms with van der Waals surface area (Å²) in [6.45, 7) is 0. The van der Waals surface area contributed by atoms with Crippen molar-refractivity contribution in [2.75, 3.05) is 0 Å². The van der Waals surface area contributed by atoms with Gasteiger partial charge in [0.25, 0.3) is 0 Å². The molecule has 0 saturated heterocycles. The molecule has 2 aromatic rings. The van der Waals surface area contributed by atoms with E-state index in [1.54, 1.807) is 17.4 Å². The van der Waals surface area contributed by atoms with Crippen molar-refractivity contribution >= 4 is 27.3 Å². The van der Waals surface area contributed by atoms with E-state index in [0.717, 1.165) is 34.9 Å². The van der Waals surface area contributed by atoms with Crippen molar-refractivity contribution in [3.63, 3.8) is 0 Å². The molecular formula is C14H13BrFNS. The molecule has 94 valence electrons. The molecule has 0 spiro atoms. The van der Waals surface area contributed by atoms with Gasteiger partial charge in [-0.3, -0.25) is 0 Å². The molecule has 1 unspecified atom stereocenters. The molecule has 1 aliphatic carbocycles. The number of fused-ring (bicyclic) bond motifs is 1. The van der Waals surface area contributed by atoms with E-state index in [0.29, 0.717) is 0 Å². The molecule has 1 nitrogen and oxygen atoms in total. The van der Waals surface area contributed by atoms with Crippen LogP contribution in [0.5, 0.6) is 0 Å².